The Morgan fingerprint density at radius 1 is 1.30 bits per heavy atom. The topological polar surface area (TPSA) is 65.1 Å². The first-order valence-corrected chi connectivity index (χ1v) is 8.19. The van der Waals surface area contributed by atoms with Crippen LogP contribution in [0.2, 0.25) is 0 Å². The molecule has 6 heteroatoms. The highest BCUT2D eigenvalue weighted by Crippen LogP contribution is 2.15. The van der Waals surface area contributed by atoms with Crippen molar-refractivity contribution < 1.29 is 0 Å². The normalized spacial score (nSPS) is 14.8. The van der Waals surface area contributed by atoms with E-state index in [4.69, 9.17) is 0 Å². The molecule has 3 N–H and O–H groups in total. The van der Waals surface area contributed by atoms with Gasteiger partial charge in [-0.3, -0.25) is 5.43 Å². The SMILES string of the molecule is Cc1cccc(Nc2nccc(NCCCN3CCCN3)n2)c1. The van der Waals surface area contributed by atoms with E-state index in [0.29, 0.717) is 5.95 Å². The molecule has 122 valence electrons. The molecule has 1 aliphatic heterocycles. The van der Waals surface area contributed by atoms with Crippen LogP contribution in [0.3, 0.4) is 0 Å². The lowest BCUT2D eigenvalue weighted by molar-refractivity contribution is 0.253. The van der Waals surface area contributed by atoms with Crippen LogP contribution < -0.4 is 16.1 Å². The molecular weight excluding hydrogens is 288 g/mol. The van der Waals surface area contributed by atoms with Gasteiger partial charge in [-0.05, 0) is 43.5 Å². The first-order valence-electron chi connectivity index (χ1n) is 8.19. The molecule has 1 aliphatic rings. The largest absolute Gasteiger partial charge is 0.370 e. The first-order chi connectivity index (χ1) is 11.3. The predicted octanol–water partition coefficient (Wildman–Crippen LogP) is 2.54. The summed E-state index contributed by atoms with van der Waals surface area (Å²) in [6.45, 7) is 6.29. The van der Waals surface area contributed by atoms with Gasteiger partial charge in [0.05, 0.1) is 0 Å². The second kappa shape index (κ2) is 7.89. The Hall–Kier alpha value is -2.18. The third-order valence-corrected chi connectivity index (χ3v) is 3.78. The van der Waals surface area contributed by atoms with Gasteiger partial charge in [-0.25, -0.2) is 9.99 Å². The van der Waals surface area contributed by atoms with Gasteiger partial charge in [0.15, 0.2) is 0 Å². The molecule has 0 unspecified atom stereocenters. The van der Waals surface area contributed by atoms with Crippen molar-refractivity contribution in [3.8, 4) is 0 Å². The maximum absolute atomic E-state index is 4.50. The molecule has 1 aromatic heterocycles. The number of benzene rings is 1. The number of hydrazine groups is 1. The van der Waals surface area contributed by atoms with Gasteiger partial charge in [0.2, 0.25) is 5.95 Å². The van der Waals surface area contributed by atoms with Gasteiger partial charge in [-0.2, -0.15) is 4.98 Å². The van der Waals surface area contributed by atoms with Gasteiger partial charge in [0, 0.05) is 38.1 Å². The molecule has 3 rings (SSSR count). The highest BCUT2D eigenvalue weighted by Gasteiger charge is 2.09. The Kier molecular flexibility index (Phi) is 5.39. The molecule has 0 radical (unpaired) electrons. The number of nitrogens with zero attached hydrogens (tertiary/aromatic N) is 3. The number of rotatable bonds is 7. The van der Waals surface area contributed by atoms with Crippen molar-refractivity contribution in [2.45, 2.75) is 19.8 Å². The number of hydrogen-bond acceptors (Lipinski definition) is 6. The Balaban J connectivity index is 1.48. The minimum Gasteiger partial charge on any atom is -0.370 e. The Labute approximate surface area is 137 Å². The van der Waals surface area contributed by atoms with Crippen molar-refractivity contribution >= 4 is 17.5 Å². The molecule has 0 aliphatic carbocycles. The van der Waals surface area contributed by atoms with Crippen molar-refractivity contribution in [1.82, 2.24) is 20.4 Å². The van der Waals surface area contributed by atoms with E-state index in [-0.39, 0.29) is 0 Å². The summed E-state index contributed by atoms with van der Waals surface area (Å²) in [6.07, 6.45) is 4.10. The van der Waals surface area contributed by atoms with Crippen LogP contribution in [0, 0.1) is 6.92 Å². The molecule has 0 spiro atoms. The molecule has 2 heterocycles. The second-order valence-corrected chi connectivity index (χ2v) is 5.79. The van der Waals surface area contributed by atoms with Gasteiger partial charge in [0.25, 0.3) is 0 Å². The zero-order valence-electron chi connectivity index (χ0n) is 13.5. The van der Waals surface area contributed by atoms with Gasteiger partial charge < -0.3 is 10.6 Å². The third kappa shape index (κ3) is 4.91. The van der Waals surface area contributed by atoms with Crippen LogP contribution in [-0.4, -0.2) is 41.2 Å². The minimum absolute atomic E-state index is 0.613. The van der Waals surface area contributed by atoms with Gasteiger partial charge in [0.1, 0.15) is 5.82 Å². The van der Waals surface area contributed by atoms with E-state index in [9.17, 15) is 0 Å². The van der Waals surface area contributed by atoms with Crippen molar-refractivity contribution in [1.29, 1.82) is 0 Å². The molecule has 0 saturated carbocycles. The molecular formula is C17H24N6. The fourth-order valence-corrected chi connectivity index (χ4v) is 2.63. The summed E-state index contributed by atoms with van der Waals surface area (Å²) in [5, 5.41) is 8.88. The van der Waals surface area contributed by atoms with E-state index in [1.54, 1.807) is 6.20 Å². The van der Waals surface area contributed by atoms with Gasteiger partial charge >= 0.3 is 0 Å². The summed E-state index contributed by atoms with van der Waals surface area (Å²) in [4.78, 5) is 8.78. The van der Waals surface area contributed by atoms with Crippen LogP contribution in [-0.2, 0) is 0 Å². The van der Waals surface area contributed by atoms with Crippen LogP contribution in [0.4, 0.5) is 17.5 Å². The summed E-state index contributed by atoms with van der Waals surface area (Å²) in [6, 6.07) is 10.1. The summed E-state index contributed by atoms with van der Waals surface area (Å²) in [7, 11) is 0. The van der Waals surface area contributed by atoms with E-state index in [1.807, 2.05) is 18.2 Å². The monoisotopic (exact) mass is 312 g/mol. The smallest absolute Gasteiger partial charge is 0.229 e. The Morgan fingerprint density at radius 2 is 2.26 bits per heavy atom. The number of hydrogen-bond donors (Lipinski definition) is 3. The molecule has 0 bridgehead atoms. The molecule has 1 fully saturated rings. The quantitative estimate of drug-likeness (QED) is 0.683. The molecule has 2 aromatic rings. The molecule has 0 atom stereocenters. The third-order valence-electron chi connectivity index (χ3n) is 3.78. The van der Waals surface area contributed by atoms with E-state index >= 15 is 0 Å². The summed E-state index contributed by atoms with van der Waals surface area (Å²) >= 11 is 0. The van der Waals surface area contributed by atoms with Gasteiger partial charge in [-0.15, -0.1) is 0 Å². The zero-order chi connectivity index (χ0) is 15.9. The maximum atomic E-state index is 4.50. The summed E-state index contributed by atoms with van der Waals surface area (Å²) in [5.41, 5.74) is 5.58. The lowest BCUT2D eigenvalue weighted by Gasteiger charge is -2.15. The van der Waals surface area contributed by atoms with E-state index in [0.717, 1.165) is 44.1 Å². The average Bonchev–Trinajstić information content (AvgIpc) is 3.05. The number of aromatic nitrogens is 2. The van der Waals surface area contributed by atoms with Crippen molar-refractivity contribution in [2.24, 2.45) is 0 Å². The van der Waals surface area contributed by atoms with Crippen LogP contribution in [0.5, 0.6) is 0 Å². The van der Waals surface area contributed by atoms with E-state index < -0.39 is 0 Å². The van der Waals surface area contributed by atoms with E-state index in [1.165, 1.54) is 12.0 Å². The minimum atomic E-state index is 0.613. The zero-order valence-corrected chi connectivity index (χ0v) is 13.5. The first kappa shape index (κ1) is 15.7. The van der Waals surface area contributed by atoms with Crippen LogP contribution in [0.1, 0.15) is 18.4 Å². The lowest BCUT2D eigenvalue weighted by atomic mass is 10.2. The van der Waals surface area contributed by atoms with Crippen molar-refractivity contribution in [3.63, 3.8) is 0 Å². The predicted molar refractivity (Wildman–Crippen MR) is 93.8 cm³/mol. The highest BCUT2D eigenvalue weighted by molar-refractivity contribution is 5.55. The Bertz CT molecular complexity index is 624. The molecule has 1 saturated heterocycles. The number of anilines is 3. The lowest BCUT2D eigenvalue weighted by Crippen LogP contribution is -2.32. The van der Waals surface area contributed by atoms with E-state index in [2.05, 4.69) is 50.1 Å². The standard InChI is InChI=1S/C17H24N6/c1-14-5-2-6-15(13-14)21-17-19-10-7-16(22-17)18-8-3-11-23-12-4-9-20-23/h2,5-7,10,13,20H,3-4,8-9,11-12H2,1H3,(H2,18,19,21,22). The van der Waals surface area contributed by atoms with Crippen molar-refractivity contribution in [3.05, 3.63) is 42.1 Å². The summed E-state index contributed by atoms with van der Waals surface area (Å²) in [5.74, 6) is 1.46. The molecule has 0 amide bonds. The van der Waals surface area contributed by atoms with Crippen LogP contribution in [0.15, 0.2) is 36.5 Å². The van der Waals surface area contributed by atoms with Gasteiger partial charge in [-0.1, -0.05) is 12.1 Å². The average molecular weight is 312 g/mol. The van der Waals surface area contributed by atoms with Crippen LogP contribution in [0.25, 0.3) is 0 Å². The Morgan fingerprint density at radius 3 is 3.09 bits per heavy atom. The fraction of sp³-hybridized carbons (Fsp3) is 0.412. The van der Waals surface area contributed by atoms with Crippen LogP contribution >= 0.6 is 0 Å². The number of aryl methyl sites for hydroxylation is 1. The molecule has 23 heavy (non-hydrogen) atoms. The highest BCUT2D eigenvalue weighted by atomic mass is 15.5. The summed E-state index contributed by atoms with van der Waals surface area (Å²) < 4.78 is 0. The van der Waals surface area contributed by atoms with Crippen molar-refractivity contribution in [2.75, 3.05) is 36.8 Å². The molecule has 1 aromatic carbocycles. The fourth-order valence-electron chi connectivity index (χ4n) is 2.63. The number of nitrogens with one attached hydrogen (secondary N) is 3. The maximum Gasteiger partial charge on any atom is 0.229 e. The molecule has 6 nitrogen and oxygen atoms in total. The second-order valence-electron chi connectivity index (χ2n) is 5.79.